The molecule has 0 aliphatic carbocycles. The highest BCUT2D eigenvalue weighted by Crippen LogP contribution is 2.21. The summed E-state index contributed by atoms with van der Waals surface area (Å²) in [5.41, 5.74) is 2.05. The number of H-pyrrole nitrogens is 1. The van der Waals surface area contributed by atoms with Crippen LogP contribution in [0.2, 0.25) is 0 Å². The predicted octanol–water partition coefficient (Wildman–Crippen LogP) is 2.80. The van der Waals surface area contributed by atoms with Gasteiger partial charge in [0.25, 0.3) is 5.91 Å². The lowest BCUT2D eigenvalue weighted by molar-refractivity contribution is 0.0696. The number of carbonyl (C=O) groups is 2. The molecule has 0 saturated heterocycles. The van der Waals surface area contributed by atoms with Crippen molar-refractivity contribution in [2.75, 3.05) is 12.4 Å². The second kappa shape index (κ2) is 6.84. The number of hydrogen-bond donors (Lipinski definition) is 3. The number of carboxylic acid groups (broad SMARTS) is 1. The molecule has 1 aromatic heterocycles. The van der Waals surface area contributed by atoms with Crippen molar-refractivity contribution in [2.24, 2.45) is 0 Å². The van der Waals surface area contributed by atoms with E-state index in [0.717, 1.165) is 5.69 Å². The molecule has 7 heteroatoms. The van der Waals surface area contributed by atoms with E-state index < -0.39 is 11.9 Å². The quantitative estimate of drug-likeness (QED) is 0.781. The third-order valence-corrected chi connectivity index (χ3v) is 3.43. The van der Waals surface area contributed by atoms with Gasteiger partial charge in [-0.2, -0.15) is 5.10 Å². The molecule has 1 heterocycles. The van der Waals surface area contributed by atoms with E-state index in [-0.39, 0.29) is 23.3 Å². The number of aromatic carboxylic acids is 1. The van der Waals surface area contributed by atoms with Crippen LogP contribution in [0.5, 0.6) is 0 Å². The highest BCUT2D eigenvalue weighted by Gasteiger charge is 2.19. The van der Waals surface area contributed by atoms with Crippen LogP contribution in [-0.4, -0.2) is 34.3 Å². The minimum atomic E-state index is -1.07. The summed E-state index contributed by atoms with van der Waals surface area (Å²) in [5.74, 6) is -1.48. The van der Waals surface area contributed by atoms with Crippen molar-refractivity contribution in [2.45, 2.75) is 32.8 Å². The molecule has 3 N–H and O–H groups in total. The van der Waals surface area contributed by atoms with Crippen molar-refractivity contribution >= 4 is 17.6 Å². The molecule has 0 atom stereocenters. The number of carbonyl (C=O) groups excluding carboxylic acids is 1. The monoisotopic (exact) mass is 331 g/mol. The number of hydrogen-bond acceptors (Lipinski definition) is 4. The molecule has 0 aliphatic rings. The number of aromatic amines is 1. The maximum Gasteiger partial charge on any atom is 0.335 e. The topological polar surface area (TPSA) is 104 Å². The van der Waals surface area contributed by atoms with Gasteiger partial charge in [0.15, 0.2) is 5.69 Å². The fourth-order valence-corrected chi connectivity index (χ4v) is 2.16. The van der Waals surface area contributed by atoms with Crippen molar-refractivity contribution in [3.05, 3.63) is 46.8 Å². The predicted molar refractivity (Wildman–Crippen MR) is 89.4 cm³/mol. The van der Waals surface area contributed by atoms with Crippen LogP contribution in [0.15, 0.2) is 24.3 Å². The van der Waals surface area contributed by atoms with Gasteiger partial charge in [-0.15, -0.1) is 0 Å². The number of ether oxygens (including phenoxy) is 1. The van der Waals surface area contributed by atoms with Crippen molar-refractivity contribution in [1.29, 1.82) is 0 Å². The average molecular weight is 331 g/mol. The van der Waals surface area contributed by atoms with E-state index >= 15 is 0 Å². The van der Waals surface area contributed by atoms with Gasteiger partial charge < -0.3 is 15.2 Å². The Morgan fingerprint density at radius 2 is 1.96 bits per heavy atom. The third kappa shape index (κ3) is 4.20. The van der Waals surface area contributed by atoms with Gasteiger partial charge in [0.2, 0.25) is 0 Å². The summed E-state index contributed by atoms with van der Waals surface area (Å²) in [4.78, 5) is 23.5. The van der Waals surface area contributed by atoms with Crippen LogP contribution in [-0.2, 0) is 16.8 Å². The third-order valence-electron chi connectivity index (χ3n) is 3.43. The number of nitrogens with zero attached hydrogens (tertiary/aromatic N) is 1. The zero-order valence-electron chi connectivity index (χ0n) is 14.1. The molecule has 24 heavy (non-hydrogen) atoms. The lowest BCUT2D eigenvalue weighted by Gasteiger charge is -2.14. The molecule has 1 aromatic carbocycles. The highest BCUT2D eigenvalue weighted by atomic mass is 16.5. The summed E-state index contributed by atoms with van der Waals surface area (Å²) >= 11 is 0. The van der Waals surface area contributed by atoms with E-state index in [1.807, 2.05) is 20.8 Å². The summed E-state index contributed by atoms with van der Waals surface area (Å²) in [6, 6.07) is 6.27. The number of methoxy groups -OCH3 is 1. The average Bonchev–Trinajstić information content (AvgIpc) is 2.97. The Hall–Kier alpha value is -2.67. The van der Waals surface area contributed by atoms with Crippen LogP contribution in [0.4, 0.5) is 5.69 Å². The SMILES string of the molecule is COCc1cc(NC(=O)c2cc(C(C)(C)C)[nH]n2)cc(C(=O)O)c1. The number of rotatable bonds is 5. The number of carboxylic acids is 1. The molecule has 1 amide bonds. The molecular formula is C17H21N3O4. The molecule has 2 aromatic rings. The first-order chi connectivity index (χ1) is 11.2. The molecule has 0 saturated carbocycles. The summed E-state index contributed by atoms with van der Waals surface area (Å²) in [6.07, 6.45) is 0. The van der Waals surface area contributed by atoms with E-state index in [0.29, 0.717) is 11.3 Å². The Morgan fingerprint density at radius 3 is 2.50 bits per heavy atom. The molecule has 0 spiro atoms. The minimum Gasteiger partial charge on any atom is -0.478 e. The first-order valence-electron chi connectivity index (χ1n) is 7.44. The summed E-state index contributed by atoms with van der Waals surface area (Å²) in [5, 5.41) is 18.7. The molecule has 128 valence electrons. The molecule has 0 bridgehead atoms. The van der Waals surface area contributed by atoms with Gasteiger partial charge in [-0.1, -0.05) is 20.8 Å². The molecule has 0 aliphatic heterocycles. The van der Waals surface area contributed by atoms with Gasteiger partial charge >= 0.3 is 5.97 Å². The first kappa shape index (κ1) is 17.7. The Morgan fingerprint density at radius 1 is 1.25 bits per heavy atom. The largest absolute Gasteiger partial charge is 0.478 e. The highest BCUT2D eigenvalue weighted by molar-refractivity contribution is 6.03. The molecule has 0 fully saturated rings. The molecule has 2 rings (SSSR count). The van der Waals surface area contributed by atoms with Crippen LogP contribution < -0.4 is 5.32 Å². The van der Waals surface area contributed by atoms with Crippen LogP contribution in [0.3, 0.4) is 0 Å². The van der Waals surface area contributed by atoms with E-state index in [2.05, 4.69) is 15.5 Å². The molecule has 0 unspecified atom stereocenters. The van der Waals surface area contributed by atoms with E-state index in [9.17, 15) is 14.7 Å². The zero-order valence-corrected chi connectivity index (χ0v) is 14.1. The number of nitrogens with one attached hydrogen (secondary N) is 2. The fraction of sp³-hybridized carbons (Fsp3) is 0.353. The van der Waals surface area contributed by atoms with Crippen molar-refractivity contribution in [3.8, 4) is 0 Å². The standard InChI is InChI=1S/C17H21N3O4/c1-17(2,3)14-8-13(19-20-14)15(21)18-12-6-10(9-24-4)5-11(7-12)16(22)23/h5-8H,9H2,1-4H3,(H,18,21)(H,19,20)(H,22,23). The second-order valence-corrected chi connectivity index (χ2v) is 6.53. The van der Waals surface area contributed by atoms with Crippen LogP contribution >= 0.6 is 0 Å². The molecular weight excluding hydrogens is 310 g/mol. The van der Waals surface area contributed by atoms with Crippen molar-refractivity contribution in [3.63, 3.8) is 0 Å². The van der Waals surface area contributed by atoms with Crippen LogP contribution in [0.25, 0.3) is 0 Å². The number of benzene rings is 1. The number of aromatic nitrogens is 2. The number of amides is 1. The summed E-state index contributed by atoms with van der Waals surface area (Å²) in [7, 11) is 1.52. The van der Waals surface area contributed by atoms with Gasteiger partial charge in [-0.05, 0) is 29.8 Å². The van der Waals surface area contributed by atoms with Gasteiger partial charge in [0.1, 0.15) is 0 Å². The van der Waals surface area contributed by atoms with Crippen molar-refractivity contribution < 1.29 is 19.4 Å². The smallest absolute Gasteiger partial charge is 0.335 e. The maximum atomic E-state index is 12.3. The Labute approximate surface area is 140 Å². The van der Waals surface area contributed by atoms with E-state index in [4.69, 9.17) is 4.74 Å². The minimum absolute atomic E-state index is 0.0808. The van der Waals surface area contributed by atoms with Gasteiger partial charge in [0, 0.05) is 23.9 Å². The summed E-state index contributed by atoms with van der Waals surface area (Å²) in [6.45, 7) is 6.28. The lowest BCUT2D eigenvalue weighted by atomic mass is 9.92. The second-order valence-electron chi connectivity index (χ2n) is 6.53. The lowest BCUT2D eigenvalue weighted by Crippen LogP contribution is -2.14. The Balaban J connectivity index is 2.24. The first-order valence-corrected chi connectivity index (χ1v) is 7.44. The number of anilines is 1. The Bertz CT molecular complexity index is 759. The zero-order chi connectivity index (χ0) is 17.9. The normalized spacial score (nSPS) is 11.3. The maximum absolute atomic E-state index is 12.3. The van der Waals surface area contributed by atoms with E-state index in [1.165, 1.54) is 19.2 Å². The van der Waals surface area contributed by atoms with Gasteiger partial charge in [-0.25, -0.2) is 4.79 Å². The van der Waals surface area contributed by atoms with Gasteiger partial charge in [0.05, 0.1) is 12.2 Å². The fourth-order valence-electron chi connectivity index (χ4n) is 2.16. The molecule has 7 nitrogen and oxygen atoms in total. The van der Waals surface area contributed by atoms with Gasteiger partial charge in [-0.3, -0.25) is 9.89 Å². The van der Waals surface area contributed by atoms with Crippen molar-refractivity contribution in [1.82, 2.24) is 10.2 Å². The van der Waals surface area contributed by atoms with Crippen LogP contribution in [0.1, 0.15) is 52.9 Å². The van der Waals surface area contributed by atoms with Crippen LogP contribution in [0, 0.1) is 0 Å². The Kier molecular flexibility index (Phi) is 5.04. The summed E-state index contributed by atoms with van der Waals surface area (Å²) < 4.78 is 5.03. The molecule has 0 radical (unpaired) electrons. The van der Waals surface area contributed by atoms with E-state index in [1.54, 1.807) is 12.1 Å².